The molecule has 0 spiro atoms. The van der Waals surface area contributed by atoms with Gasteiger partial charge in [0.25, 0.3) is 0 Å². The van der Waals surface area contributed by atoms with Crippen LogP contribution in [0, 0.1) is 11.3 Å². The van der Waals surface area contributed by atoms with Crippen LogP contribution in [0.3, 0.4) is 0 Å². The monoisotopic (exact) mass is 120 g/mol. The molecule has 0 fully saturated rings. The summed E-state index contributed by atoms with van der Waals surface area (Å²) in [6.07, 6.45) is 1.40. The van der Waals surface area contributed by atoms with Gasteiger partial charge in [0.2, 0.25) is 0 Å². The molecule has 0 aliphatic heterocycles. The molecule has 0 radical (unpaired) electrons. The van der Waals surface area contributed by atoms with E-state index in [-0.39, 0.29) is 0 Å². The van der Waals surface area contributed by atoms with Gasteiger partial charge in [-0.15, -0.1) is 0 Å². The normalized spacial score (nSPS) is 10.0. The van der Waals surface area contributed by atoms with E-state index in [0.717, 1.165) is 0 Å². The largest absolute Gasteiger partial charge is 0.243 e. The minimum Gasteiger partial charge on any atom is -0.243 e. The Morgan fingerprint density at radius 1 is 1.78 bits per heavy atom. The third kappa shape index (κ3) is 3.24. The van der Waals surface area contributed by atoms with Gasteiger partial charge in [-0.05, 0) is 13.0 Å². The van der Waals surface area contributed by atoms with Crippen LogP contribution >= 0.6 is 0 Å². The van der Waals surface area contributed by atoms with Gasteiger partial charge in [0, 0.05) is 5.70 Å². The van der Waals surface area contributed by atoms with Gasteiger partial charge in [0.1, 0.15) is 11.8 Å². The molecule has 0 aliphatic carbocycles. The van der Waals surface area contributed by atoms with Crippen LogP contribution in [0.2, 0.25) is 0 Å². The minimum absolute atomic E-state index is 0.308. The molecule has 0 amide bonds. The van der Waals surface area contributed by atoms with Crippen molar-refractivity contribution in [3.63, 3.8) is 0 Å². The molecule has 0 aromatic carbocycles. The maximum atomic E-state index is 8.28. The second-order valence-corrected chi connectivity index (χ2v) is 1.55. The molecule has 0 aliphatic rings. The van der Waals surface area contributed by atoms with Gasteiger partial charge in [-0.2, -0.15) is 5.26 Å². The number of hydrogen-bond acceptors (Lipinski definition) is 2. The highest BCUT2D eigenvalue weighted by Gasteiger charge is 1.85. The van der Waals surface area contributed by atoms with E-state index in [9.17, 15) is 0 Å². The fourth-order valence-corrected chi connectivity index (χ4v) is 0.322. The van der Waals surface area contributed by atoms with Gasteiger partial charge in [0.05, 0.1) is 0 Å². The van der Waals surface area contributed by atoms with Crippen LogP contribution in [0.5, 0.6) is 0 Å². The predicted octanol–water partition coefficient (Wildman–Crippen LogP) is 1.67. The van der Waals surface area contributed by atoms with Crippen molar-refractivity contribution in [3.05, 3.63) is 24.9 Å². The lowest BCUT2D eigenvalue weighted by Gasteiger charge is -1.85. The van der Waals surface area contributed by atoms with Gasteiger partial charge in [0.15, 0.2) is 0 Å². The van der Waals surface area contributed by atoms with E-state index in [1.165, 1.54) is 6.08 Å². The van der Waals surface area contributed by atoms with Crippen LogP contribution < -0.4 is 0 Å². The Kier molecular flexibility index (Phi) is 3.07. The quantitative estimate of drug-likeness (QED) is 0.510. The minimum atomic E-state index is 0.308. The fraction of sp³-hybridized carbons (Fsp3) is 0.143. The summed E-state index contributed by atoms with van der Waals surface area (Å²) in [4.78, 5) is 3.76. The van der Waals surface area contributed by atoms with E-state index < -0.39 is 0 Å². The summed E-state index contributed by atoms with van der Waals surface area (Å²) < 4.78 is 0. The Balaban J connectivity index is 4.30. The number of nitriles is 1. The summed E-state index contributed by atoms with van der Waals surface area (Å²) in [5, 5.41) is 8.28. The topological polar surface area (TPSA) is 36.1 Å². The first-order valence-electron chi connectivity index (χ1n) is 2.47. The first-order valence-corrected chi connectivity index (χ1v) is 2.47. The van der Waals surface area contributed by atoms with E-state index >= 15 is 0 Å². The molecule has 0 saturated heterocycles. The Labute approximate surface area is 54.8 Å². The summed E-state index contributed by atoms with van der Waals surface area (Å²) >= 11 is 0. The molecule has 0 N–H and O–H groups in total. The molecule has 2 heteroatoms. The molecule has 0 atom stereocenters. The van der Waals surface area contributed by atoms with Crippen molar-refractivity contribution >= 4 is 5.71 Å². The van der Waals surface area contributed by atoms with Gasteiger partial charge in [-0.1, -0.05) is 13.2 Å². The van der Waals surface area contributed by atoms with Crippen LogP contribution in [0.4, 0.5) is 0 Å². The molecular weight excluding hydrogens is 112 g/mol. The van der Waals surface area contributed by atoms with E-state index in [1.54, 1.807) is 6.92 Å². The first-order chi connectivity index (χ1) is 4.20. The number of rotatable bonds is 2. The molecular formula is C7H8N2. The number of allylic oxidation sites excluding steroid dienone is 2. The highest BCUT2D eigenvalue weighted by atomic mass is 14.7. The van der Waals surface area contributed by atoms with Gasteiger partial charge >= 0.3 is 0 Å². The second-order valence-electron chi connectivity index (χ2n) is 1.55. The zero-order valence-corrected chi connectivity index (χ0v) is 5.39. The van der Waals surface area contributed by atoms with Gasteiger partial charge < -0.3 is 0 Å². The Bertz CT molecular complexity index is 193. The summed E-state index contributed by atoms with van der Waals surface area (Å²) in [7, 11) is 0. The van der Waals surface area contributed by atoms with Crippen molar-refractivity contribution in [1.82, 2.24) is 0 Å². The molecule has 0 rings (SSSR count). The van der Waals surface area contributed by atoms with Crippen LogP contribution in [0.15, 0.2) is 29.9 Å². The van der Waals surface area contributed by atoms with Crippen molar-refractivity contribution in [1.29, 1.82) is 5.26 Å². The van der Waals surface area contributed by atoms with E-state index in [2.05, 4.69) is 18.2 Å². The maximum Gasteiger partial charge on any atom is 0.140 e. The molecule has 0 unspecified atom stereocenters. The Morgan fingerprint density at radius 3 is 2.44 bits per heavy atom. The molecule has 0 bridgehead atoms. The van der Waals surface area contributed by atoms with Gasteiger partial charge in [-0.3, -0.25) is 0 Å². The highest BCUT2D eigenvalue weighted by Crippen LogP contribution is 1.89. The third-order valence-corrected chi connectivity index (χ3v) is 0.619. The predicted molar refractivity (Wildman–Crippen MR) is 38.1 cm³/mol. The molecule has 46 valence electrons. The van der Waals surface area contributed by atoms with Crippen molar-refractivity contribution < 1.29 is 0 Å². The second kappa shape index (κ2) is 3.62. The lowest BCUT2D eigenvalue weighted by Crippen LogP contribution is -1.85. The molecule has 0 aromatic heterocycles. The third-order valence-electron chi connectivity index (χ3n) is 0.619. The first kappa shape index (κ1) is 7.64. The summed E-state index contributed by atoms with van der Waals surface area (Å²) in [6.45, 7) is 8.62. The molecule has 9 heavy (non-hydrogen) atoms. The Hall–Kier alpha value is -1.36. The summed E-state index contributed by atoms with van der Waals surface area (Å²) in [5.41, 5.74) is 0.925. The van der Waals surface area contributed by atoms with Crippen LogP contribution in [0.25, 0.3) is 0 Å². The molecule has 0 aromatic rings. The van der Waals surface area contributed by atoms with Crippen LogP contribution in [0.1, 0.15) is 6.92 Å². The number of aliphatic imine (C=N–C) groups is 1. The van der Waals surface area contributed by atoms with E-state index in [0.29, 0.717) is 11.4 Å². The van der Waals surface area contributed by atoms with Crippen molar-refractivity contribution in [2.75, 3.05) is 0 Å². The van der Waals surface area contributed by atoms with Crippen molar-refractivity contribution in [2.24, 2.45) is 4.99 Å². The smallest absolute Gasteiger partial charge is 0.140 e. The highest BCUT2D eigenvalue weighted by molar-refractivity contribution is 6.07. The summed E-state index contributed by atoms with van der Waals surface area (Å²) in [5.74, 6) is 0. The zero-order valence-electron chi connectivity index (χ0n) is 5.39. The molecule has 0 saturated carbocycles. The zero-order chi connectivity index (χ0) is 7.28. The number of hydrogen-bond donors (Lipinski definition) is 0. The number of nitrogens with zero attached hydrogens (tertiary/aromatic N) is 2. The van der Waals surface area contributed by atoms with Crippen LogP contribution in [-0.2, 0) is 0 Å². The lowest BCUT2D eigenvalue weighted by molar-refractivity contribution is 1.33. The standard InChI is InChI=1S/C7H8N2/c1-4-7(5-8)9-6(2)3/h4H,1-2H2,3H3. The van der Waals surface area contributed by atoms with Crippen molar-refractivity contribution in [3.8, 4) is 6.07 Å². The van der Waals surface area contributed by atoms with Gasteiger partial charge in [-0.25, -0.2) is 4.99 Å². The molecule has 0 heterocycles. The average Bonchev–Trinajstić information content (AvgIpc) is 1.82. The SMILES string of the molecule is C=CC(C#N)=NC(=C)C. The summed E-state index contributed by atoms with van der Waals surface area (Å²) in [6, 6.07) is 1.85. The van der Waals surface area contributed by atoms with E-state index in [1.807, 2.05) is 6.07 Å². The van der Waals surface area contributed by atoms with Crippen molar-refractivity contribution in [2.45, 2.75) is 6.92 Å². The molecule has 2 nitrogen and oxygen atoms in total. The van der Waals surface area contributed by atoms with Crippen LogP contribution in [-0.4, -0.2) is 5.71 Å². The fourth-order valence-electron chi connectivity index (χ4n) is 0.322. The lowest BCUT2D eigenvalue weighted by atomic mass is 10.4. The van der Waals surface area contributed by atoms with E-state index in [4.69, 9.17) is 5.26 Å². The average molecular weight is 120 g/mol. The Morgan fingerprint density at radius 2 is 2.33 bits per heavy atom. The maximum absolute atomic E-state index is 8.28.